The topological polar surface area (TPSA) is 208 Å². The largest absolute Gasteiger partial charge is 0.508 e. The van der Waals surface area contributed by atoms with E-state index in [1.165, 1.54) is 23.9 Å². The quantitative estimate of drug-likeness (QED) is 0.141. The maximum Gasteiger partial charge on any atom is 0.326 e. The molecule has 212 valence electrons. The maximum absolute atomic E-state index is 13.3. The van der Waals surface area contributed by atoms with Gasteiger partial charge in [0, 0.05) is 12.8 Å². The van der Waals surface area contributed by atoms with Crippen LogP contribution >= 0.6 is 11.8 Å². The van der Waals surface area contributed by atoms with E-state index in [1.54, 1.807) is 12.1 Å². The summed E-state index contributed by atoms with van der Waals surface area (Å²) in [6.45, 7) is 3.62. The van der Waals surface area contributed by atoms with Gasteiger partial charge in [-0.15, -0.1) is 0 Å². The number of phenols is 1. The molecule has 1 aromatic rings. The van der Waals surface area contributed by atoms with E-state index < -0.39 is 60.2 Å². The van der Waals surface area contributed by atoms with Crippen LogP contribution in [0.1, 0.15) is 45.1 Å². The van der Waals surface area contributed by atoms with Gasteiger partial charge in [-0.25, -0.2) is 4.79 Å². The molecular weight excluding hydrogens is 516 g/mol. The predicted octanol–water partition coefficient (Wildman–Crippen LogP) is 0.465. The monoisotopic (exact) mass is 554 g/mol. The van der Waals surface area contributed by atoms with Crippen LogP contribution in [0, 0.1) is 5.92 Å². The molecule has 8 N–H and O–H groups in total. The molecular formula is C25H38N4O8S. The van der Waals surface area contributed by atoms with E-state index in [0.717, 1.165) is 0 Å². The number of carbonyl (C=O) groups is 5. The highest BCUT2D eigenvalue weighted by Crippen LogP contribution is 2.13. The molecule has 13 heteroatoms. The van der Waals surface area contributed by atoms with E-state index in [4.69, 9.17) is 10.8 Å². The van der Waals surface area contributed by atoms with Crippen LogP contribution in [0.15, 0.2) is 24.3 Å². The van der Waals surface area contributed by atoms with Gasteiger partial charge in [-0.2, -0.15) is 11.8 Å². The Labute approximate surface area is 226 Å². The van der Waals surface area contributed by atoms with Crippen molar-refractivity contribution < 1.29 is 39.3 Å². The van der Waals surface area contributed by atoms with Crippen LogP contribution in [0.5, 0.6) is 5.75 Å². The van der Waals surface area contributed by atoms with E-state index >= 15 is 0 Å². The lowest BCUT2D eigenvalue weighted by molar-refractivity contribution is -0.143. The number of thioether (sulfide) groups is 1. The number of carboxylic acids is 2. The van der Waals surface area contributed by atoms with Crippen LogP contribution in [0.2, 0.25) is 0 Å². The van der Waals surface area contributed by atoms with Crippen molar-refractivity contribution in [2.45, 2.75) is 70.1 Å². The second kappa shape index (κ2) is 16.5. The average Bonchev–Trinajstić information content (AvgIpc) is 2.84. The van der Waals surface area contributed by atoms with Crippen molar-refractivity contribution in [3.8, 4) is 5.75 Å². The summed E-state index contributed by atoms with van der Waals surface area (Å²) in [6, 6.07) is 1.50. The number of aliphatic carboxylic acids is 2. The average molecular weight is 555 g/mol. The first-order valence-corrected chi connectivity index (χ1v) is 13.6. The molecule has 3 amide bonds. The zero-order valence-corrected chi connectivity index (χ0v) is 22.6. The first-order chi connectivity index (χ1) is 17.8. The maximum atomic E-state index is 13.3. The Morgan fingerprint density at radius 1 is 0.868 bits per heavy atom. The summed E-state index contributed by atoms with van der Waals surface area (Å²) in [4.78, 5) is 61.4. The second-order valence-electron chi connectivity index (χ2n) is 9.34. The minimum atomic E-state index is -1.45. The van der Waals surface area contributed by atoms with Gasteiger partial charge < -0.3 is 37.0 Å². The number of aromatic hydroxyl groups is 1. The Hall–Kier alpha value is -3.32. The lowest BCUT2D eigenvalue weighted by atomic mass is 10.00. The zero-order valence-electron chi connectivity index (χ0n) is 21.8. The van der Waals surface area contributed by atoms with Crippen molar-refractivity contribution in [3.05, 3.63) is 29.8 Å². The van der Waals surface area contributed by atoms with Gasteiger partial charge in [-0.05, 0) is 54.9 Å². The Bertz CT molecular complexity index is 957. The highest BCUT2D eigenvalue weighted by Gasteiger charge is 2.31. The first-order valence-electron chi connectivity index (χ1n) is 12.2. The number of nitrogens with two attached hydrogens (primary N) is 1. The summed E-state index contributed by atoms with van der Waals surface area (Å²) < 4.78 is 0. The molecule has 12 nitrogen and oxygen atoms in total. The van der Waals surface area contributed by atoms with Crippen molar-refractivity contribution in [2.75, 3.05) is 12.0 Å². The normalized spacial score (nSPS) is 14.1. The van der Waals surface area contributed by atoms with E-state index in [0.29, 0.717) is 17.7 Å². The molecule has 0 radical (unpaired) electrons. The van der Waals surface area contributed by atoms with E-state index in [9.17, 15) is 34.2 Å². The predicted molar refractivity (Wildman–Crippen MR) is 143 cm³/mol. The number of amides is 3. The Morgan fingerprint density at radius 2 is 1.42 bits per heavy atom. The van der Waals surface area contributed by atoms with Crippen molar-refractivity contribution >= 4 is 41.4 Å². The van der Waals surface area contributed by atoms with Crippen LogP contribution < -0.4 is 21.7 Å². The third-order valence-corrected chi connectivity index (χ3v) is 6.22. The molecule has 0 fully saturated rings. The molecule has 1 aromatic carbocycles. The Morgan fingerprint density at radius 3 is 1.95 bits per heavy atom. The summed E-state index contributed by atoms with van der Waals surface area (Å²) in [6.07, 6.45) is 1.69. The van der Waals surface area contributed by atoms with Crippen LogP contribution in [0.4, 0.5) is 0 Å². The summed E-state index contributed by atoms with van der Waals surface area (Å²) >= 11 is 1.52. The first kappa shape index (κ1) is 32.7. The fraction of sp³-hybridized carbons (Fsp3) is 0.560. The van der Waals surface area contributed by atoms with E-state index in [-0.39, 0.29) is 30.9 Å². The van der Waals surface area contributed by atoms with Crippen molar-refractivity contribution in [2.24, 2.45) is 11.7 Å². The molecule has 0 saturated heterocycles. The molecule has 0 aliphatic carbocycles. The Kier molecular flexibility index (Phi) is 14.2. The molecule has 0 aliphatic rings. The van der Waals surface area contributed by atoms with Gasteiger partial charge in [-0.3, -0.25) is 19.2 Å². The van der Waals surface area contributed by atoms with Gasteiger partial charge in [0.05, 0.1) is 6.04 Å². The smallest absolute Gasteiger partial charge is 0.326 e. The minimum absolute atomic E-state index is 0.0300. The number of carbonyl (C=O) groups excluding carboxylic acids is 3. The molecule has 0 aromatic heterocycles. The lowest BCUT2D eigenvalue weighted by Crippen LogP contribution is -2.57. The fourth-order valence-electron chi connectivity index (χ4n) is 3.50. The number of carboxylic acid groups (broad SMARTS) is 2. The number of hydrogen-bond donors (Lipinski definition) is 7. The second-order valence-corrected chi connectivity index (χ2v) is 10.3. The zero-order chi connectivity index (χ0) is 28.8. The third kappa shape index (κ3) is 12.3. The molecule has 0 bridgehead atoms. The van der Waals surface area contributed by atoms with Gasteiger partial charge in [0.2, 0.25) is 17.7 Å². The SMILES string of the molecule is CSCCC(N)C(=O)NC(Cc1ccc(O)cc1)C(=O)NC(CC(C)C)C(=O)NC(CCC(=O)O)C(=O)O. The van der Waals surface area contributed by atoms with Crippen molar-refractivity contribution in [3.63, 3.8) is 0 Å². The third-order valence-electron chi connectivity index (χ3n) is 5.58. The highest BCUT2D eigenvalue weighted by atomic mass is 32.2. The van der Waals surface area contributed by atoms with Crippen LogP contribution in [-0.2, 0) is 30.4 Å². The van der Waals surface area contributed by atoms with Crippen molar-refractivity contribution in [1.82, 2.24) is 16.0 Å². The molecule has 1 rings (SSSR count). The fourth-order valence-corrected chi connectivity index (χ4v) is 3.99. The number of nitrogens with one attached hydrogen (secondary N) is 3. The summed E-state index contributed by atoms with van der Waals surface area (Å²) in [5.41, 5.74) is 6.59. The number of benzene rings is 1. The molecule has 0 spiro atoms. The highest BCUT2D eigenvalue weighted by molar-refractivity contribution is 7.98. The summed E-state index contributed by atoms with van der Waals surface area (Å²) in [5, 5.41) is 35.4. The molecule has 0 saturated carbocycles. The van der Waals surface area contributed by atoms with Gasteiger partial charge in [0.25, 0.3) is 0 Å². The number of rotatable bonds is 17. The molecule has 4 unspecified atom stereocenters. The van der Waals surface area contributed by atoms with Gasteiger partial charge in [-0.1, -0.05) is 26.0 Å². The minimum Gasteiger partial charge on any atom is -0.508 e. The van der Waals surface area contributed by atoms with Gasteiger partial charge in [0.1, 0.15) is 23.9 Å². The van der Waals surface area contributed by atoms with Crippen LogP contribution in [0.25, 0.3) is 0 Å². The standard InChI is InChI=1S/C25H38N4O8S/c1-14(2)12-19(23(34)27-18(25(36)37)8-9-21(31)32)29-24(35)20(13-15-4-6-16(30)7-5-15)28-22(33)17(26)10-11-38-3/h4-7,14,17-20,30H,8-13,26H2,1-3H3,(H,27,34)(H,28,33)(H,29,35)(H,31,32)(H,36,37). The van der Waals surface area contributed by atoms with E-state index in [2.05, 4.69) is 16.0 Å². The molecule has 0 aliphatic heterocycles. The number of phenolic OH excluding ortho intramolecular Hbond substituents is 1. The molecule has 0 heterocycles. The van der Waals surface area contributed by atoms with Crippen LogP contribution in [0.3, 0.4) is 0 Å². The van der Waals surface area contributed by atoms with E-state index in [1.807, 2.05) is 20.1 Å². The van der Waals surface area contributed by atoms with Crippen LogP contribution in [-0.4, -0.2) is 81.2 Å². The lowest BCUT2D eigenvalue weighted by Gasteiger charge is -2.26. The molecule has 4 atom stereocenters. The van der Waals surface area contributed by atoms with Gasteiger partial charge in [0.15, 0.2) is 0 Å². The summed E-state index contributed by atoms with van der Waals surface area (Å²) in [5.74, 6) is -4.00. The van der Waals surface area contributed by atoms with Gasteiger partial charge >= 0.3 is 11.9 Å². The Balaban J connectivity index is 3.11. The molecule has 38 heavy (non-hydrogen) atoms. The number of hydrogen-bond acceptors (Lipinski definition) is 8. The van der Waals surface area contributed by atoms with Crippen molar-refractivity contribution in [1.29, 1.82) is 0 Å². The summed E-state index contributed by atoms with van der Waals surface area (Å²) in [7, 11) is 0.